The Balaban J connectivity index is 2.36. The van der Waals surface area contributed by atoms with Gasteiger partial charge in [-0.3, -0.25) is 14.5 Å². The number of rotatable bonds is 6. The average Bonchev–Trinajstić information content (AvgIpc) is 2.37. The molecule has 1 rings (SSSR count). The van der Waals surface area contributed by atoms with E-state index in [1.54, 1.807) is 13.0 Å². The van der Waals surface area contributed by atoms with Gasteiger partial charge in [0, 0.05) is 13.1 Å². The van der Waals surface area contributed by atoms with E-state index in [0.29, 0.717) is 26.2 Å². The van der Waals surface area contributed by atoms with E-state index in [2.05, 4.69) is 11.9 Å². The molecule has 0 aromatic rings. The number of nitrogens with zero attached hydrogens (tertiary/aromatic N) is 1. The van der Waals surface area contributed by atoms with Crippen molar-refractivity contribution in [3.63, 3.8) is 0 Å². The van der Waals surface area contributed by atoms with Crippen LogP contribution in [0, 0.1) is 5.92 Å². The van der Waals surface area contributed by atoms with Crippen LogP contribution in [0.15, 0.2) is 12.7 Å². The van der Waals surface area contributed by atoms with E-state index >= 15 is 0 Å². The van der Waals surface area contributed by atoms with Crippen LogP contribution in [0.3, 0.4) is 0 Å². The fourth-order valence-electron chi connectivity index (χ4n) is 2.10. The summed E-state index contributed by atoms with van der Waals surface area (Å²) < 4.78 is 5.02. The van der Waals surface area contributed by atoms with Crippen LogP contribution in [0.4, 0.5) is 0 Å². The molecule has 1 atom stereocenters. The van der Waals surface area contributed by atoms with Crippen molar-refractivity contribution < 1.29 is 14.3 Å². The standard InChI is InChI=1S/C13H22N2O3/c1-3-7-14-12(16)10-15-8-5-6-11(9-15)13(17)18-4-2/h3,11H,1,4-10H2,2H3,(H,14,16)/t11-/m1/s1. The highest BCUT2D eigenvalue weighted by molar-refractivity contribution is 5.78. The molecule has 1 aliphatic rings. The van der Waals surface area contributed by atoms with Crippen molar-refractivity contribution in [3.05, 3.63) is 12.7 Å². The summed E-state index contributed by atoms with van der Waals surface area (Å²) in [6.45, 7) is 8.05. The van der Waals surface area contributed by atoms with Gasteiger partial charge in [0.2, 0.25) is 5.91 Å². The first-order chi connectivity index (χ1) is 8.67. The van der Waals surface area contributed by atoms with Crippen LogP contribution < -0.4 is 5.32 Å². The first kappa shape index (κ1) is 14.7. The molecule has 1 amide bonds. The topological polar surface area (TPSA) is 58.6 Å². The summed E-state index contributed by atoms with van der Waals surface area (Å²) in [7, 11) is 0. The van der Waals surface area contributed by atoms with E-state index in [9.17, 15) is 9.59 Å². The molecule has 0 spiro atoms. The number of esters is 1. The summed E-state index contributed by atoms with van der Waals surface area (Å²) in [6, 6.07) is 0. The molecule has 0 unspecified atom stereocenters. The van der Waals surface area contributed by atoms with E-state index in [4.69, 9.17) is 4.74 Å². The van der Waals surface area contributed by atoms with Gasteiger partial charge in [-0.15, -0.1) is 6.58 Å². The smallest absolute Gasteiger partial charge is 0.310 e. The van der Waals surface area contributed by atoms with E-state index < -0.39 is 0 Å². The van der Waals surface area contributed by atoms with Crippen LogP contribution in [-0.2, 0) is 14.3 Å². The fraction of sp³-hybridized carbons (Fsp3) is 0.692. The van der Waals surface area contributed by atoms with Gasteiger partial charge in [0.1, 0.15) is 0 Å². The summed E-state index contributed by atoms with van der Waals surface area (Å²) in [4.78, 5) is 25.2. The summed E-state index contributed by atoms with van der Waals surface area (Å²) in [6.07, 6.45) is 3.43. The van der Waals surface area contributed by atoms with Crippen LogP contribution in [0.25, 0.3) is 0 Å². The lowest BCUT2D eigenvalue weighted by atomic mass is 9.98. The minimum absolute atomic E-state index is 0.0283. The highest BCUT2D eigenvalue weighted by Crippen LogP contribution is 2.17. The summed E-state index contributed by atoms with van der Waals surface area (Å²) in [5.41, 5.74) is 0. The number of hydrogen-bond donors (Lipinski definition) is 1. The van der Waals surface area contributed by atoms with Gasteiger partial charge in [-0.25, -0.2) is 0 Å². The maximum absolute atomic E-state index is 11.6. The average molecular weight is 254 g/mol. The zero-order valence-electron chi connectivity index (χ0n) is 11.0. The maximum Gasteiger partial charge on any atom is 0.310 e. The van der Waals surface area contributed by atoms with Crippen molar-refractivity contribution in [1.29, 1.82) is 0 Å². The number of carbonyl (C=O) groups is 2. The van der Waals surface area contributed by atoms with E-state index in [1.165, 1.54) is 0 Å². The highest BCUT2D eigenvalue weighted by Gasteiger charge is 2.27. The van der Waals surface area contributed by atoms with E-state index in [1.807, 2.05) is 4.90 Å². The molecule has 1 fully saturated rings. The Morgan fingerprint density at radius 2 is 2.33 bits per heavy atom. The zero-order valence-corrected chi connectivity index (χ0v) is 11.0. The Hall–Kier alpha value is -1.36. The number of piperidine rings is 1. The molecule has 0 aliphatic carbocycles. The number of carbonyl (C=O) groups excluding carboxylic acids is 2. The molecular weight excluding hydrogens is 232 g/mol. The molecule has 1 saturated heterocycles. The Morgan fingerprint density at radius 1 is 1.56 bits per heavy atom. The Bertz CT molecular complexity index is 305. The number of likely N-dealkylation sites (tertiary alicyclic amines) is 1. The van der Waals surface area contributed by atoms with Crippen molar-refractivity contribution in [3.8, 4) is 0 Å². The van der Waals surface area contributed by atoms with E-state index in [0.717, 1.165) is 19.4 Å². The Kier molecular flexibility index (Phi) is 6.43. The first-order valence-electron chi connectivity index (χ1n) is 6.44. The first-order valence-corrected chi connectivity index (χ1v) is 6.44. The van der Waals surface area contributed by atoms with Gasteiger partial charge in [-0.1, -0.05) is 6.08 Å². The number of hydrogen-bond acceptors (Lipinski definition) is 4. The van der Waals surface area contributed by atoms with Gasteiger partial charge >= 0.3 is 5.97 Å². The molecular formula is C13H22N2O3. The van der Waals surface area contributed by atoms with Crippen molar-refractivity contribution in [2.45, 2.75) is 19.8 Å². The Labute approximate surface area is 108 Å². The third-order valence-electron chi connectivity index (χ3n) is 2.94. The normalized spacial score (nSPS) is 20.2. The van der Waals surface area contributed by atoms with Gasteiger partial charge in [-0.2, -0.15) is 0 Å². The van der Waals surface area contributed by atoms with Crippen LogP contribution >= 0.6 is 0 Å². The van der Waals surface area contributed by atoms with E-state index in [-0.39, 0.29) is 17.8 Å². The molecule has 0 saturated carbocycles. The SMILES string of the molecule is C=CCNC(=O)CN1CCC[C@@H](C(=O)OCC)C1. The summed E-state index contributed by atoms with van der Waals surface area (Å²) in [5.74, 6) is -0.265. The zero-order chi connectivity index (χ0) is 13.4. The van der Waals surface area contributed by atoms with Crippen LogP contribution in [0.5, 0.6) is 0 Å². The number of ether oxygens (including phenoxy) is 1. The molecule has 1 heterocycles. The predicted octanol–water partition coefficient (Wildman–Crippen LogP) is 0.564. The monoisotopic (exact) mass is 254 g/mol. The van der Waals surface area contributed by atoms with Crippen molar-refractivity contribution in [2.24, 2.45) is 5.92 Å². The fourth-order valence-corrected chi connectivity index (χ4v) is 2.10. The molecule has 102 valence electrons. The highest BCUT2D eigenvalue weighted by atomic mass is 16.5. The molecule has 0 aromatic heterocycles. The second-order valence-electron chi connectivity index (χ2n) is 4.42. The maximum atomic E-state index is 11.6. The second-order valence-corrected chi connectivity index (χ2v) is 4.42. The van der Waals surface area contributed by atoms with Crippen LogP contribution in [0.2, 0.25) is 0 Å². The molecule has 5 heteroatoms. The van der Waals surface area contributed by atoms with Gasteiger partial charge in [0.15, 0.2) is 0 Å². The van der Waals surface area contributed by atoms with Crippen molar-refractivity contribution >= 4 is 11.9 Å². The predicted molar refractivity (Wildman–Crippen MR) is 69.0 cm³/mol. The molecule has 1 aliphatic heterocycles. The van der Waals surface area contributed by atoms with Gasteiger partial charge in [0.05, 0.1) is 19.1 Å². The van der Waals surface area contributed by atoms with Gasteiger partial charge in [0.25, 0.3) is 0 Å². The molecule has 0 radical (unpaired) electrons. The molecule has 0 bridgehead atoms. The molecule has 0 aromatic carbocycles. The van der Waals surface area contributed by atoms with Crippen molar-refractivity contribution in [1.82, 2.24) is 10.2 Å². The largest absolute Gasteiger partial charge is 0.466 e. The summed E-state index contributed by atoms with van der Waals surface area (Å²) >= 11 is 0. The Morgan fingerprint density at radius 3 is 3.00 bits per heavy atom. The third kappa shape index (κ3) is 4.87. The molecule has 5 nitrogen and oxygen atoms in total. The van der Waals surface area contributed by atoms with Gasteiger partial charge < -0.3 is 10.1 Å². The quantitative estimate of drug-likeness (QED) is 0.556. The second kappa shape index (κ2) is 7.87. The lowest BCUT2D eigenvalue weighted by molar-refractivity contribution is -0.150. The lowest BCUT2D eigenvalue weighted by Crippen LogP contribution is -2.44. The lowest BCUT2D eigenvalue weighted by Gasteiger charge is -2.30. The van der Waals surface area contributed by atoms with Crippen LogP contribution in [-0.4, -0.2) is 49.6 Å². The van der Waals surface area contributed by atoms with Gasteiger partial charge in [-0.05, 0) is 26.3 Å². The summed E-state index contributed by atoms with van der Waals surface area (Å²) in [5, 5.41) is 2.73. The van der Waals surface area contributed by atoms with Crippen molar-refractivity contribution in [2.75, 3.05) is 32.8 Å². The minimum atomic E-state index is -0.145. The minimum Gasteiger partial charge on any atom is -0.466 e. The van der Waals surface area contributed by atoms with Crippen LogP contribution in [0.1, 0.15) is 19.8 Å². The molecule has 18 heavy (non-hydrogen) atoms. The number of nitrogens with one attached hydrogen (secondary N) is 1. The number of amides is 1. The molecule has 1 N–H and O–H groups in total. The third-order valence-corrected chi connectivity index (χ3v) is 2.94.